The van der Waals surface area contributed by atoms with Crippen molar-refractivity contribution >= 4 is 20.9 Å². The van der Waals surface area contributed by atoms with Crippen molar-refractivity contribution in [2.75, 3.05) is 7.11 Å². The second-order valence-electron chi connectivity index (χ2n) is 4.24. The van der Waals surface area contributed by atoms with Crippen molar-refractivity contribution in [1.29, 1.82) is 0 Å². The smallest absolute Gasteiger partial charge is 0.239 e. The minimum atomic E-state index is -3.65. The summed E-state index contributed by atoms with van der Waals surface area (Å²) in [5, 5.41) is -0.0520. The third-order valence-corrected chi connectivity index (χ3v) is 4.59. The van der Waals surface area contributed by atoms with E-state index in [-0.39, 0.29) is 10.1 Å². The van der Waals surface area contributed by atoms with Gasteiger partial charge in [-0.3, -0.25) is 0 Å². The second kappa shape index (κ2) is 4.64. The number of nitrogens with one attached hydrogen (secondary N) is 1. The fourth-order valence-electron chi connectivity index (χ4n) is 1.92. The molecular formula is C14H12N2O3S. The van der Waals surface area contributed by atoms with Gasteiger partial charge in [-0.15, -0.1) is 0 Å². The summed E-state index contributed by atoms with van der Waals surface area (Å²) in [6.07, 6.45) is 0. The molecule has 0 fully saturated rings. The number of hydrogen-bond donors (Lipinski definition) is 1. The van der Waals surface area contributed by atoms with Crippen LogP contribution in [0.15, 0.2) is 58.6 Å². The zero-order valence-electron chi connectivity index (χ0n) is 10.7. The molecule has 1 aromatic heterocycles. The molecule has 0 saturated heterocycles. The Balaban J connectivity index is 2.10. The molecule has 0 aliphatic heterocycles. The number of nitrogens with zero attached hydrogens (tertiary/aromatic N) is 1. The van der Waals surface area contributed by atoms with Gasteiger partial charge < -0.3 is 9.72 Å². The molecule has 6 heteroatoms. The van der Waals surface area contributed by atoms with Gasteiger partial charge >= 0.3 is 0 Å². The highest BCUT2D eigenvalue weighted by Crippen LogP contribution is 2.23. The molecule has 2 aromatic carbocycles. The minimum Gasteiger partial charge on any atom is -0.497 e. The Bertz CT molecular complexity index is 819. The van der Waals surface area contributed by atoms with E-state index in [4.69, 9.17) is 4.74 Å². The van der Waals surface area contributed by atoms with Crippen molar-refractivity contribution in [2.45, 2.75) is 10.1 Å². The number of hydrogen-bond acceptors (Lipinski definition) is 4. The number of benzene rings is 2. The molecule has 0 aliphatic carbocycles. The number of aromatic nitrogens is 2. The summed E-state index contributed by atoms with van der Waals surface area (Å²) in [6, 6.07) is 13.4. The number of sulfone groups is 1. The van der Waals surface area contributed by atoms with Gasteiger partial charge in [0.15, 0.2) is 0 Å². The van der Waals surface area contributed by atoms with Gasteiger partial charge in [0.2, 0.25) is 15.0 Å². The Morgan fingerprint density at radius 3 is 2.40 bits per heavy atom. The van der Waals surface area contributed by atoms with Crippen molar-refractivity contribution in [1.82, 2.24) is 9.97 Å². The lowest BCUT2D eigenvalue weighted by molar-refractivity contribution is 0.414. The molecule has 0 unspecified atom stereocenters. The Morgan fingerprint density at radius 2 is 1.75 bits per heavy atom. The van der Waals surface area contributed by atoms with Crippen LogP contribution in [0.2, 0.25) is 0 Å². The topological polar surface area (TPSA) is 72.1 Å². The monoisotopic (exact) mass is 288 g/mol. The van der Waals surface area contributed by atoms with E-state index in [0.717, 1.165) is 0 Å². The summed E-state index contributed by atoms with van der Waals surface area (Å²) < 4.78 is 30.0. The predicted octanol–water partition coefficient (Wildman–Crippen LogP) is 2.40. The van der Waals surface area contributed by atoms with E-state index >= 15 is 0 Å². The molecule has 1 heterocycles. The van der Waals surface area contributed by atoms with Gasteiger partial charge in [0.1, 0.15) is 5.75 Å². The molecule has 20 heavy (non-hydrogen) atoms. The first-order valence-corrected chi connectivity index (χ1v) is 7.43. The van der Waals surface area contributed by atoms with Crippen LogP contribution in [-0.4, -0.2) is 25.5 Å². The maximum atomic E-state index is 12.5. The van der Waals surface area contributed by atoms with E-state index in [1.165, 1.54) is 19.2 Å². The number of rotatable bonds is 3. The Labute approximate surface area is 116 Å². The van der Waals surface area contributed by atoms with Crippen LogP contribution in [0.3, 0.4) is 0 Å². The molecule has 0 bridgehead atoms. The average Bonchev–Trinajstić information content (AvgIpc) is 2.92. The maximum absolute atomic E-state index is 12.5. The van der Waals surface area contributed by atoms with Crippen LogP contribution in [0.5, 0.6) is 5.75 Å². The van der Waals surface area contributed by atoms with Gasteiger partial charge in [-0.2, -0.15) is 0 Å². The molecule has 0 atom stereocenters. The summed E-state index contributed by atoms with van der Waals surface area (Å²) >= 11 is 0. The highest BCUT2D eigenvalue weighted by atomic mass is 32.2. The number of aromatic amines is 1. The summed E-state index contributed by atoms with van der Waals surface area (Å²) in [7, 11) is -2.12. The lowest BCUT2D eigenvalue weighted by Gasteiger charge is -2.02. The minimum absolute atomic E-state index is 0.0520. The molecule has 1 N–H and O–H groups in total. The van der Waals surface area contributed by atoms with E-state index in [0.29, 0.717) is 16.8 Å². The third kappa shape index (κ3) is 2.04. The van der Waals surface area contributed by atoms with Crippen LogP contribution < -0.4 is 4.74 Å². The Morgan fingerprint density at radius 1 is 1.05 bits per heavy atom. The van der Waals surface area contributed by atoms with Crippen molar-refractivity contribution in [2.24, 2.45) is 0 Å². The van der Waals surface area contributed by atoms with Crippen LogP contribution in [0, 0.1) is 0 Å². The Hall–Kier alpha value is -2.34. The van der Waals surface area contributed by atoms with Crippen molar-refractivity contribution in [3.63, 3.8) is 0 Å². The highest BCUT2D eigenvalue weighted by molar-refractivity contribution is 7.91. The molecule has 3 rings (SSSR count). The first-order valence-electron chi connectivity index (χ1n) is 5.95. The van der Waals surface area contributed by atoms with Gasteiger partial charge in [0.25, 0.3) is 0 Å². The molecule has 0 radical (unpaired) electrons. The highest BCUT2D eigenvalue weighted by Gasteiger charge is 2.21. The standard InChI is InChI=1S/C14H12N2O3S/c1-19-10-6-8-11(9-7-10)20(17,18)14-15-12-4-2-3-5-13(12)16-14/h2-9H,1H3,(H,15,16). The predicted molar refractivity (Wildman–Crippen MR) is 74.5 cm³/mol. The summed E-state index contributed by atoms with van der Waals surface area (Å²) in [4.78, 5) is 7.14. The van der Waals surface area contributed by atoms with E-state index in [1.807, 2.05) is 12.1 Å². The quantitative estimate of drug-likeness (QED) is 0.803. The van der Waals surface area contributed by atoms with Crippen molar-refractivity contribution < 1.29 is 13.2 Å². The van der Waals surface area contributed by atoms with Crippen molar-refractivity contribution in [3.05, 3.63) is 48.5 Å². The SMILES string of the molecule is COc1ccc(S(=O)(=O)c2nc3ccccc3[nH]2)cc1. The van der Waals surface area contributed by atoms with E-state index in [2.05, 4.69) is 9.97 Å². The van der Waals surface area contributed by atoms with E-state index < -0.39 is 9.84 Å². The van der Waals surface area contributed by atoms with Gasteiger partial charge in [-0.25, -0.2) is 13.4 Å². The molecule has 5 nitrogen and oxygen atoms in total. The normalized spacial score (nSPS) is 11.7. The number of ether oxygens (including phenoxy) is 1. The molecule has 102 valence electrons. The summed E-state index contributed by atoms with van der Waals surface area (Å²) in [5.41, 5.74) is 1.32. The van der Waals surface area contributed by atoms with Crippen molar-refractivity contribution in [3.8, 4) is 5.75 Å². The first kappa shape index (κ1) is 12.7. The lowest BCUT2D eigenvalue weighted by atomic mass is 10.3. The first-order chi connectivity index (χ1) is 9.61. The zero-order valence-corrected chi connectivity index (χ0v) is 11.5. The molecule has 0 saturated carbocycles. The van der Waals surface area contributed by atoms with Crippen LogP contribution in [0.4, 0.5) is 0 Å². The van der Waals surface area contributed by atoms with Crippen LogP contribution in [-0.2, 0) is 9.84 Å². The average molecular weight is 288 g/mol. The number of para-hydroxylation sites is 2. The fraction of sp³-hybridized carbons (Fsp3) is 0.0714. The fourth-order valence-corrected chi connectivity index (χ4v) is 3.10. The molecular weight excluding hydrogens is 276 g/mol. The summed E-state index contributed by atoms with van der Waals surface area (Å²) in [5.74, 6) is 0.605. The van der Waals surface area contributed by atoms with E-state index in [9.17, 15) is 8.42 Å². The molecule has 0 amide bonds. The van der Waals surface area contributed by atoms with Gasteiger partial charge in [-0.05, 0) is 36.4 Å². The number of imidazole rings is 1. The van der Waals surface area contributed by atoms with Crippen LogP contribution >= 0.6 is 0 Å². The van der Waals surface area contributed by atoms with Gasteiger partial charge in [0, 0.05) is 0 Å². The lowest BCUT2D eigenvalue weighted by Crippen LogP contribution is -2.04. The maximum Gasteiger partial charge on any atom is 0.239 e. The number of fused-ring (bicyclic) bond motifs is 1. The van der Waals surface area contributed by atoms with Gasteiger partial charge in [-0.1, -0.05) is 12.1 Å². The van der Waals surface area contributed by atoms with E-state index in [1.54, 1.807) is 24.3 Å². The molecule has 3 aromatic rings. The van der Waals surface area contributed by atoms with Gasteiger partial charge in [0.05, 0.1) is 23.0 Å². The number of methoxy groups -OCH3 is 1. The molecule has 0 aliphatic rings. The van der Waals surface area contributed by atoms with Crippen LogP contribution in [0.25, 0.3) is 11.0 Å². The zero-order chi connectivity index (χ0) is 14.2. The number of H-pyrrole nitrogens is 1. The summed E-state index contributed by atoms with van der Waals surface area (Å²) in [6.45, 7) is 0. The Kier molecular flexibility index (Phi) is 2.94. The molecule has 0 spiro atoms. The third-order valence-electron chi connectivity index (χ3n) is 2.99. The second-order valence-corrected chi connectivity index (χ2v) is 6.10. The largest absolute Gasteiger partial charge is 0.497 e. The van der Waals surface area contributed by atoms with Crippen LogP contribution in [0.1, 0.15) is 0 Å².